The maximum atomic E-state index is 12.6. The van der Waals surface area contributed by atoms with Crippen molar-refractivity contribution in [1.82, 2.24) is 8.87 Å². The van der Waals surface area contributed by atoms with E-state index in [2.05, 4.69) is 6.58 Å². The number of aryl methyl sites for hydroxylation is 1. The van der Waals surface area contributed by atoms with E-state index in [0.29, 0.717) is 12.2 Å². The molecule has 5 nitrogen and oxygen atoms in total. The highest BCUT2D eigenvalue weighted by Crippen LogP contribution is 2.21. The van der Waals surface area contributed by atoms with E-state index >= 15 is 0 Å². The molecule has 0 saturated carbocycles. The molecule has 20 heavy (non-hydrogen) atoms. The highest BCUT2D eigenvalue weighted by atomic mass is 32.2. The number of aromatic nitrogens is 1. The number of aliphatic hydroxyl groups excluding tert-OH is 1. The molecule has 0 fully saturated rings. The zero-order chi connectivity index (χ0) is 15.3. The summed E-state index contributed by atoms with van der Waals surface area (Å²) in [5, 5.41) is 9.33. The first kappa shape index (κ1) is 16.9. The lowest BCUT2D eigenvalue weighted by Gasteiger charge is -2.23. The first-order valence-corrected chi connectivity index (χ1v) is 8.25. The van der Waals surface area contributed by atoms with Gasteiger partial charge in [-0.3, -0.25) is 0 Å². The number of nitrogens with zero attached hydrogens (tertiary/aromatic N) is 2. The van der Waals surface area contributed by atoms with Crippen LogP contribution in [0.1, 0.15) is 32.9 Å². The van der Waals surface area contributed by atoms with Gasteiger partial charge in [-0.05, 0) is 26.3 Å². The molecule has 0 unspecified atom stereocenters. The fourth-order valence-corrected chi connectivity index (χ4v) is 3.77. The Morgan fingerprint density at radius 3 is 2.60 bits per heavy atom. The van der Waals surface area contributed by atoms with Gasteiger partial charge in [0.1, 0.15) is 4.90 Å². The molecule has 0 aliphatic heterocycles. The van der Waals surface area contributed by atoms with Crippen molar-refractivity contribution in [2.75, 3.05) is 6.54 Å². The summed E-state index contributed by atoms with van der Waals surface area (Å²) in [6, 6.07) is 1.40. The van der Waals surface area contributed by atoms with E-state index in [4.69, 9.17) is 0 Å². The first-order chi connectivity index (χ1) is 9.38. The highest BCUT2D eigenvalue weighted by molar-refractivity contribution is 7.89. The fourth-order valence-electron chi connectivity index (χ4n) is 2.10. The molecule has 6 heteroatoms. The van der Waals surface area contributed by atoms with Gasteiger partial charge in [0.2, 0.25) is 10.0 Å². The zero-order valence-electron chi connectivity index (χ0n) is 12.4. The molecule has 0 amide bonds. The molecule has 0 aliphatic rings. The van der Waals surface area contributed by atoms with Crippen molar-refractivity contribution in [2.45, 2.75) is 51.3 Å². The van der Waals surface area contributed by atoms with Crippen molar-refractivity contribution in [3.8, 4) is 0 Å². The largest absolute Gasteiger partial charge is 0.390 e. The van der Waals surface area contributed by atoms with Crippen LogP contribution in [-0.2, 0) is 23.2 Å². The molecule has 1 rings (SSSR count). The van der Waals surface area contributed by atoms with Crippen molar-refractivity contribution in [3.63, 3.8) is 0 Å². The Morgan fingerprint density at radius 2 is 2.15 bits per heavy atom. The molecule has 1 N–H and O–H groups in total. The minimum atomic E-state index is -3.56. The molecule has 114 valence electrons. The minimum absolute atomic E-state index is 0.148. The number of aliphatic hydroxyl groups is 1. The van der Waals surface area contributed by atoms with Crippen LogP contribution >= 0.6 is 0 Å². The molecule has 0 saturated heterocycles. The van der Waals surface area contributed by atoms with Gasteiger partial charge >= 0.3 is 0 Å². The van der Waals surface area contributed by atoms with E-state index in [1.165, 1.54) is 4.31 Å². The van der Waals surface area contributed by atoms with Crippen LogP contribution in [-0.4, -0.2) is 35.0 Å². The summed E-state index contributed by atoms with van der Waals surface area (Å²) in [4.78, 5) is 0.227. The van der Waals surface area contributed by atoms with E-state index in [1.54, 1.807) is 22.9 Å². The number of hydrogen-bond acceptors (Lipinski definition) is 3. The maximum Gasteiger partial charge on any atom is 0.245 e. The predicted octanol–water partition coefficient (Wildman–Crippen LogP) is 1.98. The SMILES string of the molecule is C=CCN(C(C)C)S(=O)(=O)c1cc(CO)n(CCC)c1. The van der Waals surface area contributed by atoms with Crippen molar-refractivity contribution in [1.29, 1.82) is 0 Å². The Labute approximate surface area is 121 Å². The second kappa shape index (κ2) is 7.06. The molecule has 0 spiro atoms. The average molecular weight is 300 g/mol. The fraction of sp³-hybridized carbons (Fsp3) is 0.571. The van der Waals surface area contributed by atoms with E-state index < -0.39 is 10.0 Å². The van der Waals surface area contributed by atoms with Gasteiger partial charge in [-0.2, -0.15) is 4.31 Å². The van der Waals surface area contributed by atoms with Crippen LogP contribution in [0.4, 0.5) is 0 Å². The summed E-state index contributed by atoms with van der Waals surface area (Å²) in [5.74, 6) is 0. The quantitative estimate of drug-likeness (QED) is 0.747. The van der Waals surface area contributed by atoms with Crippen LogP contribution in [0.3, 0.4) is 0 Å². The van der Waals surface area contributed by atoms with Gasteiger partial charge in [0, 0.05) is 31.0 Å². The minimum Gasteiger partial charge on any atom is -0.390 e. The lowest BCUT2D eigenvalue weighted by Crippen LogP contribution is -2.36. The third-order valence-electron chi connectivity index (χ3n) is 3.08. The van der Waals surface area contributed by atoms with Crippen molar-refractivity contribution in [3.05, 3.63) is 30.6 Å². The summed E-state index contributed by atoms with van der Waals surface area (Å²) in [6.45, 7) is 10.1. The van der Waals surface area contributed by atoms with E-state index in [1.807, 2.05) is 20.8 Å². The Bertz CT molecular complexity index is 547. The normalized spacial score (nSPS) is 12.3. The molecule has 0 atom stereocenters. The monoisotopic (exact) mass is 300 g/mol. The van der Waals surface area contributed by atoms with Crippen molar-refractivity contribution in [2.24, 2.45) is 0 Å². The first-order valence-electron chi connectivity index (χ1n) is 6.81. The van der Waals surface area contributed by atoms with Gasteiger partial charge in [0.25, 0.3) is 0 Å². The van der Waals surface area contributed by atoms with Crippen LogP contribution in [0, 0.1) is 0 Å². The van der Waals surface area contributed by atoms with Crippen LogP contribution < -0.4 is 0 Å². The van der Waals surface area contributed by atoms with Gasteiger partial charge in [0.05, 0.1) is 6.61 Å². The van der Waals surface area contributed by atoms with Crippen molar-refractivity contribution < 1.29 is 13.5 Å². The van der Waals surface area contributed by atoms with E-state index in [0.717, 1.165) is 6.42 Å². The van der Waals surface area contributed by atoms with E-state index in [-0.39, 0.29) is 24.1 Å². The standard InChI is InChI=1S/C14H24N2O3S/c1-5-7-15-10-14(9-13(15)11-17)20(18,19)16(8-6-2)12(3)4/h6,9-10,12,17H,2,5,7-8,11H2,1,3-4H3. The number of rotatable bonds is 8. The molecular weight excluding hydrogens is 276 g/mol. The Balaban J connectivity index is 3.23. The molecule has 0 aliphatic carbocycles. The number of hydrogen-bond donors (Lipinski definition) is 1. The lowest BCUT2D eigenvalue weighted by molar-refractivity contribution is 0.270. The van der Waals surface area contributed by atoms with Crippen molar-refractivity contribution >= 4 is 10.0 Å². The summed E-state index contributed by atoms with van der Waals surface area (Å²) in [6.07, 6.45) is 4.05. The highest BCUT2D eigenvalue weighted by Gasteiger charge is 2.27. The van der Waals surface area contributed by atoms with Gasteiger partial charge in [-0.15, -0.1) is 6.58 Å². The van der Waals surface area contributed by atoms with Gasteiger partial charge in [0.15, 0.2) is 0 Å². The molecule has 0 radical (unpaired) electrons. The molecule has 1 heterocycles. The van der Waals surface area contributed by atoms with Gasteiger partial charge < -0.3 is 9.67 Å². The Morgan fingerprint density at radius 1 is 1.50 bits per heavy atom. The maximum absolute atomic E-state index is 12.6. The summed E-state index contributed by atoms with van der Waals surface area (Å²) < 4.78 is 28.5. The third-order valence-corrected chi connectivity index (χ3v) is 5.09. The molecule has 1 aromatic heterocycles. The second-order valence-electron chi connectivity index (χ2n) is 4.98. The van der Waals surface area contributed by atoms with E-state index in [9.17, 15) is 13.5 Å². The smallest absolute Gasteiger partial charge is 0.245 e. The van der Waals surface area contributed by atoms with Gasteiger partial charge in [-0.1, -0.05) is 13.0 Å². The second-order valence-corrected chi connectivity index (χ2v) is 6.87. The topological polar surface area (TPSA) is 62.5 Å². The van der Waals surface area contributed by atoms with Gasteiger partial charge in [-0.25, -0.2) is 8.42 Å². The molecule has 1 aromatic rings. The van der Waals surface area contributed by atoms with Crippen LogP contribution in [0.15, 0.2) is 29.8 Å². The average Bonchev–Trinajstić information content (AvgIpc) is 2.79. The van der Waals surface area contributed by atoms with Crippen LogP contribution in [0.5, 0.6) is 0 Å². The Kier molecular flexibility index (Phi) is 5.98. The number of sulfonamides is 1. The molecule has 0 bridgehead atoms. The summed E-state index contributed by atoms with van der Waals surface area (Å²) in [7, 11) is -3.56. The molecular formula is C14H24N2O3S. The third kappa shape index (κ3) is 3.50. The van der Waals surface area contributed by atoms with Crippen LogP contribution in [0.2, 0.25) is 0 Å². The molecule has 0 aromatic carbocycles. The predicted molar refractivity (Wildman–Crippen MR) is 79.9 cm³/mol. The van der Waals surface area contributed by atoms with Crippen LogP contribution in [0.25, 0.3) is 0 Å². The lowest BCUT2D eigenvalue weighted by atomic mass is 10.4. The summed E-state index contributed by atoms with van der Waals surface area (Å²) >= 11 is 0. The summed E-state index contributed by atoms with van der Waals surface area (Å²) in [5.41, 5.74) is 0.618. The zero-order valence-corrected chi connectivity index (χ0v) is 13.2. The Hall–Kier alpha value is -1.11.